The number of amides is 1. The molecule has 7 nitrogen and oxygen atoms in total. The molecule has 2 fully saturated rings. The summed E-state index contributed by atoms with van der Waals surface area (Å²) in [6, 6.07) is 14.9. The van der Waals surface area contributed by atoms with Crippen molar-refractivity contribution in [1.82, 2.24) is 9.21 Å². The molecule has 3 aliphatic rings. The SMILES string of the molecule is O=C1c2ccccc2C(=O)c2cc(C(=O)N3CCC4(CCN(S(=O)(=O)c5cccs5)CC4)C3)ccc21. The third-order valence-electron chi connectivity index (χ3n) is 7.77. The Hall–Kier alpha value is -3.14. The number of thiophene rings is 1. The first kappa shape index (κ1) is 23.3. The standard InChI is InChI=1S/C27H24N2O5S2/c30-24-19-4-1-2-5-20(19)25(31)22-16-18(7-8-21(22)24)26(32)28-12-9-27(17-28)10-13-29(14-11-27)36(33,34)23-6-3-15-35-23/h1-8,15-16H,9-14,17H2. The van der Waals surface area contributed by atoms with Gasteiger partial charge in [-0.1, -0.05) is 30.3 Å². The van der Waals surface area contributed by atoms with Crippen molar-refractivity contribution < 1.29 is 22.8 Å². The van der Waals surface area contributed by atoms with E-state index in [2.05, 4.69) is 0 Å². The molecule has 2 aromatic carbocycles. The van der Waals surface area contributed by atoms with Crippen LogP contribution in [0.25, 0.3) is 0 Å². The van der Waals surface area contributed by atoms with Gasteiger partial charge in [-0.05, 0) is 54.3 Å². The molecule has 1 aromatic heterocycles. The molecule has 6 rings (SSSR count). The first-order valence-electron chi connectivity index (χ1n) is 11.9. The summed E-state index contributed by atoms with van der Waals surface area (Å²) in [5.41, 5.74) is 1.64. The highest BCUT2D eigenvalue weighted by Crippen LogP contribution is 2.42. The molecular weight excluding hydrogens is 496 g/mol. The second-order valence-electron chi connectivity index (χ2n) is 9.78. The van der Waals surface area contributed by atoms with Gasteiger partial charge in [0.15, 0.2) is 11.6 Å². The summed E-state index contributed by atoms with van der Waals surface area (Å²) in [4.78, 5) is 41.1. The maximum absolute atomic E-state index is 13.4. The van der Waals surface area contributed by atoms with Gasteiger partial charge in [0.05, 0.1) is 0 Å². The Morgan fingerprint density at radius 3 is 2.11 bits per heavy atom. The Morgan fingerprint density at radius 2 is 1.44 bits per heavy atom. The fourth-order valence-electron chi connectivity index (χ4n) is 5.67. The van der Waals surface area contributed by atoms with Gasteiger partial charge in [0.1, 0.15) is 4.21 Å². The van der Waals surface area contributed by atoms with E-state index >= 15 is 0 Å². The zero-order valence-electron chi connectivity index (χ0n) is 19.5. The van der Waals surface area contributed by atoms with Crippen LogP contribution in [0.1, 0.15) is 61.5 Å². The monoisotopic (exact) mass is 520 g/mol. The van der Waals surface area contributed by atoms with Crippen molar-refractivity contribution in [2.75, 3.05) is 26.2 Å². The number of hydrogen-bond acceptors (Lipinski definition) is 6. The maximum Gasteiger partial charge on any atom is 0.253 e. The number of benzene rings is 2. The highest BCUT2D eigenvalue weighted by molar-refractivity contribution is 7.91. The molecule has 1 aliphatic carbocycles. The van der Waals surface area contributed by atoms with Crippen LogP contribution in [0.4, 0.5) is 0 Å². The van der Waals surface area contributed by atoms with E-state index in [1.165, 1.54) is 11.3 Å². The fraction of sp³-hybridized carbons (Fsp3) is 0.296. The van der Waals surface area contributed by atoms with Crippen LogP contribution in [0.3, 0.4) is 0 Å². The van der Waals surface area contributed by atoms with Crippen molar-refractivity contribution in [3.05, 3.63) is 87.8 Å². The Bertz CT molecular complexity index is 1500. The third-order valence-corrected chi connectivity index (χ3v) is 11.0. The van der Waals surface area contributed by atoms with Crippen molar-refractivity contribution >= 4 is 38.8 Å². The van der Waals surface area contributed by atoms with Gasteiger partial charge in [-0.3, -0.25) is 14.4 Å². The molecule has 9 heteroatoms. The Balaban J connectivity index is 1.17. The molecule has 1 spiro atoms. The number of likely N-dealkylation sites (tertiary alicyclic amines) is 1. The van der Waals surface area contributed by atoms with E-state index in [1.54, 1.807) is 69.2 Å². The summed E-state index contributed by atoms with van der Waals surface area (Å²) in [6.45, 7) is 2.03. The minimum absolute atomic E-state index is 0.101. The molecule has 3 aromatic rings. The van der Waals surface area contributed by atoms with Gasteiger partial charge >= 0.3 is 0 Å². The molecule has 0 saturated carbocycles. The van der Waals surface area contributed by atoms with Gasteiger partial charge in [-0.15, -0.1) is 11.3 Å². The van der Waals surface area contributed by atoms with Crippen LogP contribution in [-0.4, -0.2) is 61.3 Å². The van der Waals surface area contributed by atoms with E-state index < -0.39 is 10.0 Å². The molecule has 184 valence electrons. The summed E-state index contributed by atoms with van der Waals surface area (Å²) in [7, 11) is -3.47. The molecule has 0 bridgehead atoms. The molecule has 2 saturated heterocycles. The number of sulfonamides is 1. The van der Waals surface area contributed by atoms with Crippen molar-refractivity contribution in [2.45, 2.75) is 23.5 Å². The van der Waals surface area contributed by atoms with Gasteiger partial charge in [0, 0.05) is 54.0 Å². The number of rotatable bonds is 3. The molecule has 0 radical (unpaired) electrons. The number of carbonyl (C=O) groups is 3. The average molecular weight is 521 g/mol. The zero-order chi connectivity index (χ0) is 25.1. The minimum Gasteiger partial charge on any atom is -0.338 e. The highest BCUT2D eigenvalue weighted by atomic mass is 32.2. The third kappa shape index (κ3) is 3.65. The van der Waals surface area contributed by atoms with Crippen LogP contribution in [0.2, 0.25) is 0 Å². The summed E-state index contributed by atoms with van der Waals surface area (Å²) in [6.07, 6.45) is 2.23. The normalized spacial score (nSPS) is 19.4. The summed E-state index contributed by atoms with van der Waals surface area (Å²) >= 11 is 1.23. The smallest absolute Gasteiger partial charge is 0.253 e. The van der Waals surface area contributed by atoms with E-state index in [4.69, 9.17) is 0 Å². The van der Waals surface area contributed by atoms with Crippen LogP contribution >= 0.6 is 11.3 Å². The van der Waals surface area contributed by atoms with Gasteiger partial charge < -0.3 is 4.90 Å². The van der Waals surface area contributed by atoms with E-state index in [9.17, 15) is 22.8 Å². The fourth-order valence-corrected chi connectivity index (χ4v) is 8.26. The van der Waals surface area contributed by atoms with Crippen molar-refractivity contribution in [3.8, 4) is 0 Å². The van der Waals surface area contributed by atoms with Crippen molar-refractivity contribution in [3.63, 3.8) is 0 Å². The topological polar surface area (TPSA) is 91.8 Å². The lowest BCUT2D eigenvalue weighted by atomic mass is 9.78. The largest absolute Gasteiger partial charge is 0.338 e. The molecule has 0 unspecified atom stereocenters. The quantitative estimate of drug-likeness (QED) is 0.409. The predicted molar refractivity (Wildman–Crippen MR) is 135 cm³/mol. The Morgan fingerprint density at radius 1 is 0.806 bits per heavy atom. The van der Waals surface area contributed by atoms with Crippen LogP contribution < -0.4 is 0 Å². The van der Waals surface area contributed by atoms with E-state index in [1.807, 2.05) is 0 Å². The number of piperidine rings is 1. The lowest BCUT2D eigenvalue weighted by Gasteiger charge is -2.38. The molecule has 0 atom stereocenters. The highest BCUT2D eigenvalue weighted by Gasteiger charge is 2.44. The van der Waals surface area contributed by atoms with Gasteiger partial charge in [-0.2, -0.15) is 4.31 Å². The predicted octanol–water partition coefficient (Wildman–Crippen LogP) is 3.84. The first-order valence-corrected chi connectivity index (χ1v) is 14.3. The summed E-state index contributed by atoms with van der Waals surface area (Å²) < 4.78 is 27.7. The summed E-state index contributed by atoms with van der Waals surface area (Å²) in [5.74, 6) is -0.613. The Labute approximate surface area is 213 Å². The molecule has 0 N–H and O–H groups in total. The molecule has 3 heterocycles. The minimum atomic E-state index is -3.47. The van der Waals surface area contributed by atoms with Gasteiger partial charge in [-0.25, -0.2) is 8.42 Å². The van der Waals surface area contributed by atoms with Gasteiger partial charge in [0.2, 0.25) is 0 Å². The average Bonchev–Trinajstić information content (AvgIpc) is 3.58. The van der Waals surface area contributed by atoms with Crippen LogP contribution in [0.15, 0.2) is 64.2 Å². The second kappa shape index (κ2) is 8.47. The molecular formula is C27H24N2O5S2. The molecule has 1 amide bonds. The number of ketones is 2. The van der Waals surface area contributed by atoms with E-state index in [-0.39, 0.29) is 28.5 Å². The Kier molecular flexibility index (Phi) is 5.47. The van der Waals surface area contributed by atoms with Crippen LogP contribution in [0.5, 0.6) is 0 Å². The number of carbonyl (C=O) groups excluding carboxylic acids is 3. The van der Waals surface area contributed by atoms with Crippen molar-refractivity contribution in [2.24, 2.45) is 5.41 Å². The van der Waals surface area contributed by atoms with Crippen LogP contribution in [0, 0.1) is 5.41 Å². The molecule has 2 aliphatic heterocycles. The number of nitrogens with zero attached hydrogens (tertiary/aromatic N) is 2. The van der Waals surface area contributed by atoms with Gasteiger partial charge in [0.25, 0.3) is 15.9 Å². The molecule has 36 heavy (non-hydrogen) atoms. The first-order chi connectivity index (χ1) is 17.3. The van der Waals surface area contributed by atoms with E-state index in [0.29, 0.717) is 65.5 Å². The number of hydrogen-bond donors (Lipinski definition) is 0. The van der Waals surface area contributed by atoms with E-state index in [0.717, 1.165) is 6.42 Å². The number of fused-ring (bicyclic) bond motifs is 2. The van der Waals surface area contributed by atoms with Crippen LogP contribution in [-0.2, 0) is 10.0 Å². The zero-order valence-corrected chi connectivity index (χ0v) is 21.1. The lowest BCUT2D eigenvalue weighted by molar-refractivity contribution is 0.0750. The second-order valence-corrected chi connectivity index (χ2v) is 12.9. The lowest BCUT2D eigenvalue weighted by Crippen LogP contribution is -2.44. The van der Waals surface area contributed by atoms with Crippen molar-refractivity contribution in [1.29, 1.82) is 0 Å². The maximum atomic E-state index is 13.4. The summed E-state index contributed by atoms with van der Waals surface area (Å²) in [5, 5.41) is 1.77.